The van der Waals surface area contributed by atoms with Crippen molar-refractivity contribution in [3.8, 4) is 0 Å². The minimum Gasteiger partial charge on any atom is -0.308 e. The number of hydrogen-bond donors (Lipinski definition) is 1. The highest BCUT2D eigenvalue weighted by Crippen LogP contribution is 2.23. The molecule has 0 saturated heterocycles. The fourth-order valence-corrected chi connectivity index (χ4v) is 2.30. The molecule has 1 saturated carbocycles. The Morgan fingerprint density at radius 3 is 3.13 bits per heavy atom. The molecule has 1 aromatic rings. The Balaban J connectivity index is 1.78. The SMILES string of the molecule is CC1CCCC(NCc2cccnn2)C1. The highest BCUT2D eigenvalue weighted by Gasteiger charge is 2.17. The third kappa shape index (κ3) is 3.27. The van der Waals surface area contributed by atoms with Gasteiger partial charge in [0.05, 0.1) is 5.69 Å². The zero-order valence-electron chi connectivity index (χ0n) is 9.32. The summed E-state index contributed by atoms with van der Waals surface area (Å²) in [7, 11) is 0. The third-order valence-corrected chi connectivity index (χ3v) is 3.14. The molecule has 2 unspecified atom stereocenters. The average molecular weight is 205 g/mol. The van der Waals surface area contributed by atoms with Crippen molar-refractivity contribution in [2.75, 3.05) is 0 Å². The molecule has 1 aliphatic rings. The van der Waals surface area contributed by atoms with E-state index in [9.17, 15) is 0 Å². The van der Waals surface area contributed by atoms with Gasteiger partial charge in [-0.15, -0.1) is 0 Å². The zero-order valence-corrected chi connectivity index (χ0v) is 9.32. The minimum atomic E-state index is 0.677. The first-order valence-corrected chi connectivity index (χ1v) is 5.84. The summed E-state index contributed by atoms with van der Waals surface area (Å²) < 4.78 is 0. The Hall–Kier alpha value is -0.960. The molecule has 15 heavy (non-hydrogen) atoms. The lowest BCUT2D eigenvalue weighted by molar-refractivity contribution is 0.299. The van der Waals surface area contributed by atoms with Gasteiger partial charge in [-0.1, -0.05) is 19.8 Å². The number of aromatic nitrogens is 2. The van der Waals surface area contributed by atoms with E-state index in [1.165, 1.54) is 25.7 Å². The minimum absolute atomic E-state index is 0.677. The van der Waals surface area contributed by atoms with Gasteiger partial charge in [0, 0.05) is 18.8 Å². The van der Waals surface area contributed by atoms with Crippen molar-refractivity contribution < 1.29 is 0 Å². The molecule has 3 heteroatoms. The second-order valence-corrected chi connectivity index (χ2v) is 4.56. The van der Waals surface area contributed by atoms with Crippen LogP contribution in [0, 0.1) is 5.92 Å². The van der Waals surface area contributed by atoms with Crippen LogP contribution in [0.15, 0.2) is 18.3 Å². The molecule has 1 aromatic heterocycles. The Morgan fingerprint density at radius 1 is 1.47 bits per heavy atom. The maximum atomic E-state index is 4.07. The van der Waals surface area contributed by atoms with E-state index in [0.29, 0.717) is 6.04 Å². The average Bonchev–Trinajstić information content (AvgIpc) is 2.28. The van der Waals surface area contributed by atoms with E-state index in [2.05, 4.69) is 22.4 Å². The summed E-state index contributed by atoms with van der Waals surface area (Å²) >= 11 is 0. The Bertz CT molecular complexity index is 286. The molecular weight excluding hydrogens is 186 g/mol. The van der Waals surface area contributed by atoms with Gasteiger partial charge >= 0.3 is 0 Å². The van der Waals surface area contributed by atoms with Crippen LogP contribution in [-0.2, 0) is 6.54 Å². The molecule has 3 nitrogen and oxygen atoms in total. The number of nitrogens with zero attached hydrogens (tertiary/aromatic N) is 2. The molecule has 1 fully saturated rings. The van der Waals surface area contributed by atoms with E-state index in [1.54, 1.807) is 6.20 Å². The summed E-state index contributed by atoms with van der Waals surface area (Å²) in [4.78, 5) is 0. The van der Waals surface area contributed by atoms with E-state index in [4.69, 9.17) is 0 Å². The second-order valence-electron chi connectivity index (χ2n) is 4.56. The van der Waals surface area contributed by atoms with Crippen LogP contribution in [0.5, 0.6) is 0 Å². The molecule has 0 aromatic carbocycles. The van der Waals surface area contributed by atoms with Gasteiger partial charge in [-0.3, -0.25) is 0 Å². The molecule has 82 valence electrons. The number of hydrogen-bond acceptors (Lipinski definition) is 3. The van der Waals surface area contributed by atoms with E-state index < -0.39 is 0 Å². The van der Waals surface area contributed by atoms with Gasteiger partial charge < -0.3 is 5.32 Å². The van der Waals surface area contributed by atoms with Crippen LogP contribution < -0.4 is 5.32 Å². The molecule has 1 N–H and O–H groups in total. The van der Waals surface area contributed by atoms with E-state index in [-0.39, 0.29) is 0 Å². The van der Waals surface area contributed by atoms with Crippen LogP contribution in [-0.4, -0.2) is 16.2 Å². The van der Waals surface area contributed by atoms with Crippen LogP contribution in [0.3, 0.4) is 0 Å². The quantitative estimate of drug-likeness (QED) is 0.821. The summed E-state index contributed by atoms with van der Waals surface area (Å²) in [6.45, 7) is 3.20. The van der Waals surface area contributed by atoms with Gasteiger partial charge in [0.15, 0.2) is 0 Å². The van der Waals surface area contributed by atoms with Crippen LogP contribution in [0.1, 0.15) is 38.3 Å². The van der Waals surface area contributed by atoms with Crippen LogP contribution in [0.4, 0.5) is 0 Å². The molecule has 2 rings (SSSR count). The van der Waals surface area contributed by atoms with Gasteiger partial charge in [0.1, 0.15) is 0 Å². The van der Waals surface area contributed by atoms with Gasteiger partial charge in [-0.2, -0.15) is 10.2 Å². The second kappa shape index (κ2) is 5.21. The first-order valence-electron chi connectivity index (χ1n) is 5.84. The predicted octanol–water partition coefficient (Wildman–Crippen LogP) is 2.14. The van der Waals surface area contributed by atoms with Gasteiger partial charge in [0.25, 0.3) is 0 Å². The Morgan fingerprint density at radius 2 is 2.40 bits per heavy atom. The molecule has 0 spiro atoms. The van der Waals surface area contributed by atoms with Gasteiger partial charge in [0.2, 0.25) is 0 Å². The lowest BCUT2D eigenvalue weighted by Crippen LogP contribution is -2.33. The molecule has 1 aliphatic carbocycles. The predicted molar refractivity (Wildman–Crippen MR) is 60.3 cm³/mol. The van der Waals surface area contributed by atoms with Crippen molar-refractivity contribution in [1.29, 1.82) is 0 Å². The molecule has 0 bridgehead atoms. The number of rotatable bonds is 3. The summed E-state index contributed by atoms with van der Waals surface area (Å²) in [5.41, 5.74) is 1.04. The maximum Gasteiger partial charge on any atom is 0.0769 e. The Labute approximate surface area is 91.3 Å². The largest absolute Gasteiger partial charge is 0.308 e. The first kappa shape index (κ1) is 10.6. The standard InChI is InChI=1S/C12H19N3/c1-10-4-2-5-11(8-10)13-9-12-6-3-7-14-15-12/h3,6-7,10-11,13H,2,4-5,8-9H2,1H3. The summed E-state index contributed by atoms with van der Waals surface area (Å²) in [6.07, 6.45) is 7.08. The van der Waals surface area contributed by atoms with Crippen LogP contribution in [0.25, 0.3) is 0 Å². The van der Waals surface area contributed by atoms with E-state index in [1.807, 2.05) is 12.1 Å². The molecular formula is C12H19N3. The summed E-state index contributed by atoms with van der Waals surface area (Å²) in [6, 6.07) is 4.63. The van der Waals surface area contributed by atoms with Crippen molar-refractivity contribution in [2.45, 2.75) is 45.2 Å². The fourth-order valence-electron chi connectivity index (χ4n) is 2.30. The maximum absolute atomic E-state index is 4.07. The highest BCUT2D eigenvalue weighted by molar-refractivity contribution is 4.98. The molecule has 0 aliphatic heterocycles. The third-order valence-electron chi connectivity index (χ3n) is 3.14. The molecule has 1 heterocycles. The fraction of sp³-hybridized carbons (Fsp3) is 0.667. The molecule has 0 amide bonds. The van der Waals surface area contributed by atoms with E-state index in [0.717, 1.165) is 18.2 Å². The monoisotopic (exact) mass is 205 g/mol. The zero-order chi connectivity index (χ0) is 10.5. The molecule has 2 atom stereocenters. The normalized spacial score (nSPS) is 26.5. The van der Waals surface area contributed by atoms with Crippen LogP contribution >= 0.6 is 0 Å². The van der Waals surface area contributed by atoms with Crippen molar-refractivity contribution in [1.82, 2.24) is 15.5 Å². The van der Waals surface area contributed by atoms with Crippen LogP contribution in [0.2, 0.25) is 0 Å². The lowest BCUT2D eigenvalue weighted by atomic mass is 9.87. The Kier molecular flexibility index (Phi) is 3.67. The summed E-state index contributed by atoms with van der Waals surface area (Å²) in [5, 5.41) is 11.5. The van der Waals surface area contributed by atoms with Crippen molar-refractivity contribution in [2.24, 2.45) is 5.92 Å². The first-order chi connectivity index (χ1) is 7.34. The number of nitrogens with one attached hydrogen (secondary N) is 1. The van der Waals surface area contributed by atoms with Gasteiger partial charge in [-0.05, 0) is 30.9 Å². The van der Waals surface area contributed by atoms with Gasteiger partial charge in [-0.25, -0.2) is 0 Å². The molecule has 0 radical (unpaired) electrons. The van der Waals surface area contributed by atoms with E-state index >= 15 is 0 Å². The van der Waals surface area contributed by atoms with Crippen molar-refractivity contribution in [3.05, 3.63) is 24.0 Å². The topological polar surface area (TPSA) is 37.8 Å². The van der Waals surface area contributed by atoms with Crippen molar-refractivity contribution in [3.63, 3.8) is 0 Å². The lowest BCUT2D eigenvalue weighted by Gasteiger charge is -2.27. The highest BCUT2D eigenvalue weighted by atomic mass is 15.1. The summed E-state index contributed by atoms with van der Waals surface area (Å²) in [5.74, 6) is 0.873. The van der Waals surface area contributed by atoms with Crippen molar-refractivity contribution >= 4 is 0 Å². The smallest absolute Gasteiger partial charge is 0.0769 e.